The minimum atomic E-state index is -2.33. The summed E-state index contributed by atoms with van der Waals surface area (Å²) in [4.78, 5) is 16.7. The van der Waals surface area contributed by atoms with Crippen LogP contribution in [0.15, 0.2) is 0 Å². The van der Waals surface area contributed by atoms with Crippen molar-refractivity contribution in [2.45, 2.75) is 0 Å². The van der Waals surface area contributed by atoms with Crippen molar-refractivity contribution in [1.82, 2.24) is 0 Å². The molecular formula is C2H6Co5O12. The molecule has 0 fully saturated rings. The van der Waals surface area contributed by atoms with Crippen LogP contribution in [0.4, 0.5) is 9.59 Å². The van der Waals surface area contributed by atoms with E-state index >= 15 is 0 Å². The molecule has 0 aliphatic rings. The van der Waals surface area contributed by atoms with Crippen molar-refractivity contribution in [3.63, 3.8) is 0 Å². The molecule has 19 heavy (non-hydrogen) atoms. The maximum atomic E-state index is 8.33. The first-order valence-electron chi connectivity index (χ1n) is 1.22. The zero-order chi connectivity index (χ0) is 7.15. The summed E-state index contributed by atoms with van der Waals surface area (Å²) in [5.74, 6) is 0. The van der Waals surface area contributed by atoms with Gasteiger partial charge in [0.15, 0.2) is 0 Å². The first kappa shape index (κ1) is 151. The summed E-state index contributed by atoms with van der Waals surface area (Å²) >= 11 is 0. The second kappa shape index (κ2) is 128. The molecule has 0 atom stereocenters. The van der Waals surface area contributed by atoms with E-state index in [2.05, 4.69) is 0 Å². The van der Waals surface area contributed by atoms with Gasteiger partial charge in [-0.3, -0.25) is 0 Å². The number of carbonyl (C=O) groups is 2. The second-order valence-corrected chi connectivity index (χ2v) is 0.500. The van der Waals surface area contributed by atoms with E-state index in [0.717, 1.165) is 0 Å². The summed E-state index contributed by atoms with van der Waals surface area (Å²) in [5, 5.41) is 33.3. The minimum absolute atomic E-state index is 0. The summed E-state index contributed by atoms with van der Waals surface area (Å²) in [6.45, 7) is 0. The van der Waals surface area contributed by atoms with Crippen LogP contribution in [0, 0.1) is 0 Å². The minimum Gasteiger partial charge on any atom is -0.870 e. The van der Waals surface area contributed by atoms with Crippen LogP contribution in [-0.4, -0.2) is 45.2 Å². The van der Waals surface area contributed by atoms with Gasteiger partial charge in [-0.1, -0.05) is 0 Å². The van der Waals surface area contributed by atoms with E-state index in [1.54, 1.807) is 0 Å². The molecular weight excluding hydrogens is 511 g/mol. The van der Waals surface area contributed by atoms with Crippen LogP contribution < -0.4 is 20.4 Å². The first-order valence-corrected chi connectivity index (χ1v) is 1.22. The number of carbonyl (C=O) groups excluding carboxylic acids is 2. The topological polar surface area (TPSA) is 306 Å². The van der Waals surface area contributed by atoms with Crippen molar-refractivity contribution < 1.29 is 147 Å². The average molecular weight is 517 g/mol. The molecule has 17 heteroatoms. The van der Waals surface area contributed by atoms with Crippen molar-refractivity contribution in [2.24, 2.45) is 0 Å². The molecule has 0 unspecified atom stereocenters. The van der Waals surface area contributed by atoms with Gasteiger partial charge in [0.25, 0.3) is 0 Å². The molecule has 6 N–H and O–H groups in total. The van der Waals surface area contributed by atoms with Crippen molar-refractivity contribution in [3.05, 3.63) is 0 Å². The summed E-state index contributed by atoms with van der Waals surface area (Å²) in [6.07, 6.45) is -4.67. The molecule has 0 amide bonds. The maximum Gasteiger partial charge on any atom is 2.00 e. The maximum absolute atomic E-state index is 8.33. The van der Waals surface area contributed by atoms with E-state index in [4.69, 9.17) is 30.0 Å². The molecule has 0 aromatic rings. The van der Waals surface area contributed by atoms with Crippen LogP contribution in [0.5, 0.6) is 0 Å². The summed E-state index contributed by atoms with van der Waals surface area (Å²) in [7, 11) is 0. The van der Waals surface area contributed by atoms with Gasteiger partial charge < -0.3 is 62.9 Å². The predicted octanol–water partition coefficient (Wildman–Crippen LogP) is -5.97. The third-order valence-electron chi connectivity index (χ3n) is 0. The third kappa shape index (κ3) is 7700. The van der Waals surface area contributed by atoms with Gasteiger partial charge in [-0.2, -0.15) is 0 Å². The molecule has 0 aliphatic carbocycles. The van der Waals surface area contributed by atoms with Crippen molar-refractivity contribution in [1.29, 1.82) is 0 Å². The Kier molecular flexibility index (Phi) is 1020. The van der Waals surface area contributed by atoms with Crippen molar-refractivity contribution in [2.75, 3.05) is 0 Å². The Balaban J connectivity index is -0.00000000218. The smallest absolute Gasteiger partial charge is 0.870 e. The van der Waals surface area contributed by atoms with Crippen LogP contribution in [0.1, 0.15) is 0 Å². The third-order valence-corrected chi connectivity index (χ3v) is 0. The van der Waals surface area contributed by atoms with Gasteiger partial charge in [0.05, 0.1) is 0 Å². The molecule has 0 aliphatic heterocycles. The SMILES string of the molecule is O=C([O-])[O-].O=C([O-])[O-].[Co+2].[Co+2].[Co+2].[Co+2].[Co+2].[OH-].[OH-].[OH-].[OH-].[OH-].[OH-]. The zero-order valence-electron chi connectivity index (χ0n) is 7.80. The molecule has 0 heterocycles. The Morgan fingerprint density at radius 1 is 0.421 bits per heavy atom. The molecule has 0 aromatic heterocycles. The molecule has 0 saturated carbocycles. The Labute approximate surface area is 158 Å². The largest absolute Gasteiger partial charge is 2.00 e. The van der Waals surface area contributed by atoms with Gasteiger partial charge in [-0.05, 0) is 12.3 Å². The molecule has 131 valence electrons. The van der Waals surface area contributed by atoms with Crippen LogP contribution in [-0.2, 0) is 83.9 Å². The monoisotopic (exact) mass is 517 g/mol. The van der Waals surface area contributed by atoms with E-state index in [9.17, 15) is 0 Å². The van der Waals surface area contributed by atoms with Gasteiger partial charge >= 0.3 is 83.9 Å². The molecule has 0 bridgehead atoms. The number of hydrogen-bond donors (Lipinski definition) is 0. The average Bonchev–Trinajstić information content (AvgIpc) is 1.25. The summed E-state index contributed by atoms with van der Waals surface area (Å²) in [5.41, 5.74) is 0. The summed E-state index contributed by atoms with van der Waals surface area (Å²) < 4.78 is 0. The van der Waals surface area contributed by atoms with Crippen molar-refractivity contribution in [3.8, 4) is 0 Å². The standard InChI is InChI=1S/2CH2O3.5Co.6H2O/c2*2-1(3)4;;;;;;;;;;;/h2*(H2,2,3,4);;;;;;6*1H2/q;;5*+2;;;;;;/p-10. The van der Waals surface area contributed by atoms with Crippen LogP contribution >= 0.6 is 0 Å². The predicted molar refractivity (Wildman–Crippen MR) is 22.4 cm³/mol. The van der Waals surface area contributed by atoms with E-state index < -0.39 is 12.3 Å². The molecule has 0 spiro atoms. The van der Waals surface area contributed by atoms with Crippen LogP contribution in [0.25, 0.3) is 0 Å². The van der Waals surface area contributed by atoms with Gasteiger partial charge in [0.2, 0.25) is 0 Å². The fraction of sp³-hybridized carbons (Fsp3) is 0. The number of hydrogen-bond acceptors (Lipinski definition) is 12. The van der Waals surface area contributed by atoms with Gasteiger partial charge in [-0.15, -0.1) is 0 Å². The van der Waals surface area contributed by atoms with E-state index in [1.165, 1.54) is 0 Å². The van der Waals surface area contributed by atoms with E-state index in [0.29, 0.717) is 0 Å². The Morgan fingerprint density at radius 2 is 0.421 bits per heavy atom. The Bertz CT molecular complexity index is 82.1. The van der Waals surface area contributed by atoms with Gasteiger partial charge in [0, 0.05) is 0 Å². The van der Waals surface area contributed by atoms with Crippen molar-refractivity contribution >= 4 is 12.3 Å². The van der Waals surface area contributed by atoms with Crippen LogP contribution in [0.3, 0.4) is 0 Å². The molecule has 12 nitrogen and oxygen atoms in total. The fourth-order valence-corrected chi connectivity index (χ4v) is 0. The quantitative estimate of drug-likeness (QED) is 0.290. The second-order valence-electron chi connectivity index (χ2n) is 0.500. The first-order chi connectivity index (χ1) is 3.46. The molecule has 0 saturated heterocycles. The molecule has 5 radical (unpaired) electrons. The normalized spacial score (nSPS) is 2.53. The Hall–Kier alpha value is 0.832. The number of rotatable bonds is 0. The van der Waals surface area contributed by atoms with Gasteiger partial charge in [0.1, 0.15) is 0 Å². The van der Waals surface area contributed by atoms with Crippen LogP contribution in [0.2, 0.25) is 0 Å². The number of carboxylic acid groups (broad SMARTS) is 4. The van der Waals surface area contributed by atoms with E-state index in [1.807, 2.05) is 0 Å². The molecule has 0 rings (SSSR count). The molecule has 0 aromatic carbocycles. The Morgan fingerprint density at radius 3 is 0.421 bits per heavy atom. The fourth-order valence-electron chi connectivity index (χ4n) is 0. The van der Waals surface area contributed by atoms with E-state index in [-0.39, 0.29) is 117 Å². The summed E-state index contributed by atoms with van der Waals surface area (Å²) in [6, 6.07) is 0. The van der Waals surface area contributed by atoms with Gasteiger partial charge in [-0.25, -0.2) is 0 Å². The zero-order valence-corrected chi connectivity index (χ0v) is 13.0.